The molecule has 0 saturated carbocycles. The van der Waals surface area contributed by atoms with Crippen LogP contribution in [-0.2, 0) is 16.0 Å². The van der Waals surface area contributed by atoms with Gasteiger partial charge in [0.05, 0.1) is 17.4 Å². The highest BCUT2D eigenvalue weighted by Crippen LogP contribution is 2.36. The van der Waals surface area contributed by atoms with Crippen LogP contribution in [-0.4, -0.2) is 23.0 Å². The second kappa shape index (κ2) is 7.97. The van der Waals surface area contributed by atoms with Crippen LogP contribution in [0.4, 0.5) is 0 Å². The molecular formula is C23H27NO6. The quantitative estimate of drug-likeness (QED) is 0.593. The normalized spacial score (nSPS) is 12.6. The first-order valence-corrected chi connectivity index (χ1v) is 9.99. The number of carboxylic acids is 1. The predicted molar refractivity (Wildman–Crippen MR) is 114 cm³/mol. The molecule has 0 radical (unpaired) electrons. The van der Waals surface area contributed by atoms with Crippen LogP contribution in [0.5, 0.6) is 0 Å². The number of amides is 1. The van der Waals surface area contributed by atoms with Crippen LogP contribution in [0.3, 0.4) is 0 Å². The molecule has 1 amide bonds. The van der Waals surface area contributed by atoms with E-state index < -0.39 is 23.5 Å². The van der Waals surface area contributed by atoms with Crippen LogP contribution >= 0.6 is 0 Å². The fourth-order valence-electron chi connectivity index (χ4n) is 3.94. The van der Waals surface area contributed by atoms with Crippen LogP contribution in [0.25, 0.3) is 21.9 Å². The van der Waals surface area contributed by atoms with Gasteiger partial charge in [-0.05, 0) is 62.8 Å². The molecule has 0 aliphatic rings. The van der Waals surface area contributed by atoms with E-state index in [0.717, 1.165) is 22.3 Å². The highest BCUT2D eigenvalue weighted by Gasteiger charge is 2.24. The Labute approximate surface area is 174 Å². The molecule has 30 heavy (non-hydrogen) atoms. The summed E-state index contributed by atoms with van der Waals surface area (Å²) in [5.41, 5.74) is 3.20. The van der Waals surface area contributed by atoms with Crippen LogP contribution in [0.1, 0.15) is 48.3 Å². The van der Waals surface area contributed by atoms with Crippen molar-refractivity contribution in [3.8, 4) is 0 Å². The number of nitrogens with one attached hydrogen (secondary N) is 1. The summed E-state index contributed by atoms with van der Waals surface area (Å²) in [6, 6.07) is 0.802. The average molecular weight is 413 g/mol. The third-order valence-electron chi connectivity index (χ3n) is 5.56. The number of fused-ring (bicyclic) bond motifs is 3. The molecule has 0 bridgehead atoms. The maximum absolute atomic E-state index is 12.6. The minimum absolute atomic E-state index is 0.0980. The fraction of sp³-hybridized carbons (Fsp3) is 0.435. The van der Waals surface area contributed by atoms with Crippen molar-refractivity contribution in [1.29, 1.82) is 0 Å². The molecule has 0 aliphatic heterocycles. The van der Waals surface area contributed by atoms with Crippen LogP contribution in [0.15, 0.2) is 19.7 Å². The summed E-state index contributed by atoms with van der Waals surface area (Å²) >= 11 is 0. The Morgan fingerprint density at radius 3 is 2.33 bits per heavy atom. The van der Waals surface area contributed by atoms with E-state index in [2.05, 4.69) is 5.32 Å². The van der Waals surface area contributed by atoms with Crippen LogP contribution in [0.2, 0.25) is 0 Å². The molecule has 1 aromatic carbocycles. The largest absolute Gasteiger partial charge is 0.480 e. The molecule has 2 N–H and O–H groups in total. The number of aliphatic carboxylic acids is 1. The van der Waals surface area contributed by atoms with Crippen molar-refractivity contribution in [3.05, 3.63) is 44.5 Å². The molecule has 0 unspecified atom stereocenters. The lowest BCUT2D eigenvalue weighted by atomic mass is 9.98. The molecule has 2 heterocycles. The maximum Gasteiger partial charge on any atom is 0.340 e. The highest BCUT2D eigenvalue weighted by molar-refractivity contribution is 6.07. The molecule has 160 valence electrons. The molecule has 0 aliphatic carbocycles. The van der Waals surface area contributed by atoms with Gasteiger partial charge >= 0.3 is 11.6 Å². The zero-order valence-corrected chi connectivity index (χ0v) is 18.1. The van der Waals surface area contributed by atoms with Gasteiger partial charge < -0.3 is 19.3 Å². The van der Waals surface area contributed by atoms with Gasteiger partial charge in [0.25, 0.3) is 0 Å². The smallest absolute Gasteiger partial charge is 0.340 e. The van der Waals surface area contributed by atoms with Gasteiger partial charge in [0.2, 0.25) is 5.91 Å². The molecule has 1 atom stereocenters. The first kappa shape index (κ1) is 21.6. The van der Waals surface area contributed by atoms with Gasteiger partial charge in [-0.2, -0.15) is 0 Å². The fourth-order valence-corrected chi connectivity index (χ4v) is 3.94. The standard InChI is InChI=1S/C23H27NO6/c1-10(2)7-16(22(26)27)24-18(25)9-15-13(5)20-17(30-23(15)28)8-11(3)19-12(4)14(6)29-21(19)20/h8,10,16H,7,9H2,1-6H3,(H,24,25)(H,26,27)/t16-/m0/s1. The number of carbonyl (C=O) groups excluding carboxylic acids is 1. The molecule has 3 rings (SSSR count). The van der Waals surface area contributed by atoms with E-state index in [4.69, 9.17) is 8.83 Å². The van der Waals surface area contributed by atoms with E-state index in [1.54, 1.807) is 13.0 Å². The van der Waals surface area contributed by atoms with Crippen molar-refractivity contribution in [2.75, 3.05) is 0 Å². The molecule has 0 fully saturated rings. The Kier molecular flexibility index (Phi) is 5.74. The Hall–Kier alpha value is -3.09. The summed E-state index contributed by atoms with van der Waals surface area (Å²) in [5, 5.41) is 13.5. The number of hydrogen-bond acceptors (Lipinski definition) is 5. The maximum atomic E-state index is 12.6. The average Bonchev–Trinajstić information content (AvgIpc) is 2.92. The van der Waals surface area contributed by atoms with Gasteiger partial charge in [-0.15, -0.1) is 0 Å². The molecular weight excluding hydrogens is 386 g/mol. The van der Waals surface area contributed by atoms with Gasteiger partial charge in [-0.1, -0.05) is 13.8 Å². The Balaban J connectivity index is 2.06. The molecule has 7 nitrogen and oxygen atoms in total. The Morgan fingerprint density at radius 2 is 1.73 bits per heavy atom. The first-order valence-electron chi connectivity index (χ1n) is 9.99. The van der Waals surface area contributed by atoms with Crippen LogP contribution < -0.4 is 10.9 Å². The second-order valence-electron chi connectivity index (χ2n) is 8.31. The monoisotopic (exact) mass is 413 g/mol. The third kappa shape index (κ3) is 3.84. The lowest BCUT2D eigenvalue weighted by Crippen LogP contribution is -2.42. The van der Waals surface area contributed by atoms with Crippen LogP contribution in [0, 0.1) is 33.6 Å². The Bertz CT molecular complexity index is 1210. The van der Waals surface area contributed by atoms with E-state index in [-0.39, 0.29) is 17.9 Å². The number of benzene rings is 1. The van der Waals surface area contributed by atoms with E-state index >= 15 is 0 Å². The van der Waals surface area contributed by atoms with E-state index in [9.17, 15) is 19.5 Å². The van der Waals surface area contributed by atoms with Gasteiger partial charge in [0, 0.05) is 5.39 Å². The van der Waals surface area contributed by atoms with Gasteiger partial charge in [0.15, 0.2) is 0 Å². The molecule has 7 heteroatoms. The topological polar surface area (TPSA) is 110 Å². The molecule has 2 aromatic heterocycles. The molecule has 0 saturated heterocycles. The van der Waals surface area contributed by atoms with Gasteiger partial charge in [-0.3, -0.25) is 4.79 Å². The number of carboxylic acid groups (broad SMARTS) is 1. The lowest BCUT2D eigenvalue weighted by molar-refractivity contribution is -0.142. The lowest BCUT2D eigenvalue weighted by Gasteiger charge is -2.17. The molecule has 3 aromatic rings. The van der Waals surface area contributed by atoms with Crippen molar-refractivity contribution in [1.82, 2.24) is 5.32 Å². The van der Waals surface area contributed by atoms with E-state index in [1.165, 1.54) is 0 Å². The van der Waals surface area contributed by atoms with E-state index in [0.29, 0.717) is 28.5 Å². The minimum Gasteiger partial charge on any atom is -0.480 e. The summed E-state index contributed by atoms with van der Waals surface area (Å²) in [7, 11) is 0. The summed E-state index contributed by atoms with van der Waals surface area (Å²) in [4.78, 5) is 36.6. The van der Waals surface area contributed by atoms with Gasteiger partial charge in [0.1, 0.15) is 23.0 Å². The zero-order valence-electron chi connectivity index (χ0n) is 18.1. The number of hydrogen-bond donors (Lipinski definition) is 2. The Morgan fingerprint density at radius 1 is 1.07 bits per heavy atom. The first-order chi connectivity index (χ1) is 14.0. The third-order valence-corrected chi connectivity index (χ3v) is 5.56. The van der Waals surface area contributed by atoms with Crippen molar-refractivity contribution in [2.24, 2.45) is 5.92 Å². The number of aryl methyl sites for hydroxylation is 4. The summed E-state index contributed by atoms with van der Waals surface area (Å²) in [6.07, 6.45) is 0.0389. The molecule has 0 spiro atoms. The minimum atomic E-state index is -1.10. The summed E-state index contributed by atoms with van der Waals surface area (Å²) in [6.45, 7) is 11.3. The van der Waals surface area contributed by atoms with Crippen molar-refractivity contribution >= 4 is 33.8 Å². The van der Waals surface area contributed by atoms with Crippen molar-refractivity contribution in [2.45, 2.75) is 60.4 Å². The number of furan rings is 1. The number of carbonyl (C=O) groups is 2. The van der Waals surface area contributed by atoms with E-state index in [1.807, 2.05) is 34.6 Å². The second-order valence-corrected chi connectivity index (χ2v) is 8.31. The highest BCUT2D eigenvalue weighted by atomic mass is 16.4. The zero-order chi connectivity index (χ0) is 22.3. The van der Waals surface area contributed by atoms with Crippen molar-refractivity contribution < 1.29 is 23.5 Å². The predicted octanol–water partition coefficient (Wildman–Crippen LogP) is 3.93. The van der Waals surface area contributed by atoms with Crippen molar-refractivity contribution in [3.63, 3.8) is 0 Å². The SMILES string of the molecule is Cc1oc2c(c(C)cc3oc(=O)c(CC(=O)N[C@@H](CC(C)C)C(=O)O)c(C)c32)c1C. The number of rotatable bonds is 6. The summed E-state index contributed by atoms with van der Waals surface area (Å²) < 4.78 is 11.5. The summed E-state index contributed by atoms with van der Waals surface area (Å²) in [5.74, 6) is -0.754. The van der Waals surface area contributed by atoms with Gasteiger partial charge in [-0.25, -0.2) is 9.59 Å².